The fourth-order valence-electron chi connectivity index (χ4n) is 2.22. The first-order valence-corrected chi connectivity index (χ1v) is 8.32. The summed E-state index contributed by atoms with van der Waals surface area (Å²) in [5.41, 5.74) is 5.78. The number of carbonyl (C=O) groups is 1. The number of nitrogens with two attached hydrogens (primary N) is 1. The number of rotatable bonds is 7. The minimum absolute atomic E-state index is 0.0146. The van der Waals surface area contributed by atoms with Gasteiger partial charge in [-0.25, -0.2) is 4.98 Å². The number of nitrogens with zero attached hydrogens (tertiary/aromatic N) is 2. The van der Waals surface area contributed by atoms with Gasteiger partial charge in [0.05, 0.1) is 0 Å². The molecule has 0 radical (unpaired) electrons. The first-order valence-electron chi connectivity index (χ1n) is 8.32. The van der Waals surface area contributed by atoms with Crippen LogP contribution in [0.5, 0.6) is 5.88 Å². The summed E-state index contributed by atoms with van der Waals surface area (Å²) in [6, 6.07) is 7.85. The number of nitrogen functional groups attached to an aromatic ring is 1. The van der Waals surface area contributed by atoms with Crippen LogP contribution in [-0.4, -0.2) is 15.9 Å². The molecule has 0 unspecified atom stereocenters. The van der Waals surface area contributed by atoms with E-state index in [-0.39, 0.29) is 18.4 Å². The summed E-state index contributed by atoms with van der Waals surface area (Å²) in [6.45, 7) is 4.37. The van der Waals surface area contributed by atoms with Gasteiger partial charge in [-0.15, -0.1) is 0 Å². The number of hydrogen-bond donors (Lipinski definition) is 2. The third-order valence-corrected chi connectivity index (χ3v) is 3.50. The van der Waals surface area contributed by atoms with Gasteiger partial charge in [-0.05, 0) is 17.0 Å². The number of nitrogens with one attached hydrogen (secondary N) is 1. The Balaban J connectivity index is 1.92. The van der Waals surface area contributed by atoms with Crippen molar-refractivity contribution in [3.8, 4) is 5.88 Å². The van der Waals surface area contributed by atoms with Crippen molar-refractivity contribution < 1.29 is 22.7 Å². The number of benzene rings is 1. The van der Waals surface area contributed by atoms with E-state index in [0.29, 0.717) is 24.9 Å². The van der Waals surface area contributed by atoms with E-state index < -0.39 is 17.8 Å². The zero-order valence-corrected chi connectivity index (χ0v) is 15.0. The minimum Gasteiger partial charge on any atom is -0.473 e. The molecule has 146 valence electrons. The van der Waals surface area contributed by atoms with Gasteiger partial charge in [0.2, 0.25) is 17.7 Å². The average molecular weight is 382 g/mol. The van der Waals surface area contributed by atoms with Crippen LogP contribution in [0.1, 0.15) is 37.1 Å². The predicted molar refractivity (Wildman–Crippen MR) is 93.5 cm³/mol. The van der Waals surface area contributed by atoms with E-state index in [1.807, 2.05) is 26.0 Å². The van der Waals surface area contributed by atoms with Crippen LogP contribution in [0, 0.1) is 5.92 Å². The third kappa shape index (κ3) is 6.76. The molecule has 0 fully saturated rings. The van der Waals surface area contributed by atoms with Crippen molar-refractivity contribution in [2.45, 2.75) is 39.6 Å². The van der Waals surface area contributed by atoms with Crippen LogP contribution in [0.2, 0.25) is 0 Å². The van der Waals surface area contributed by atoms with Crippen LogP contribution in [0.3, 0.4) is 0 Å². The lowest BCUT2D eigenvalue weighted by Gasteiger charge is -2.10. The molecule has 0 aliphatic heterocycles. The Bertz CT molecular complexity index is 777. The van der Waals surface area contributed by atoms with Crippen LogP contribution < -0.4 is 15.8 Å². The average Bonchev–Trinajstić information content (AvgIpc) is 2.57. The van der Waals surface area contributed by atoms with E-state index in [2.05, 4.69) is 15.3 Å². The first kappa shape index (κ1) is 20.5. The molecule has 0 spiro atoms. The Kier molecular flexibility index (Phi) is 6.59. The van der Waals surface area contributed by atoms with Crippen molar-refractivity contribution in [3.63, 3.8) is 0 Å². The number of anilines is 1. The molecule has 1 amide bonds. The summed E-state index contributed by atoms with van der Waals surface area (Å²) >= 11 is 0. The molecule has 0 atom stereocenters. The summed E-state index contributed by atoms with van der Waals surface area (Å²) in [7, 11) is 0. The molecule has 0 saturated carbocycles. The summed E-state index contributed by atoms with van der Waals surface area (Å²) in [6.07, 6.45) is -4.16. The number of halogens is 3. The van der Waals surface area contributed by atoms with E-state index in [4.69, 9.17) is 10.5 Å². The quantitative estimate of drug-likeness (QED) is 0.767. The van der Waals surface area contributed by atoms with Gasteiger partial charge in [-0.2, -0.15) is 18.2 Å². The molecular weight excluding hydrogens is 361 g/mol. The Labute approximate surface area is 155 Å². The van der Waals surface area contributed by atoms with Gasteiger partial charge < -0.3 is 15.8 Å². The summed E-state index contributed by atoms with van der Waals surface area (Å²) < 4.78 is 43.5. The largest absolute Gasteiger partial charge is 0.473 e. The van der Waals surface area contributed by atoms with E-state index in [9.17, 15) is 18.0 Å². The zero-order chi connectivity index (χ0) is 20.0. The zero-order valence-electron chi connectivity index (χ0n) is 15.0. The van der Waals surface area contributed by atoms with Crippen LogP contribution in [-0.2, 0) is 24.1 Å². The molecule has 2 aromatic rings. The van der Waals surface area contributed by atoms with Gasteiger partial charge in [0.15, 0.2) is 5.69 Å². The Morgan fingerprint density at radius 2 is 1.81 bits per heavy atom. The minimum atomic E-state index is -4.63. The molecule has 2 rings (SSSR count). The summed E-state index contributed by atoms with van der Waals surface area (Å²) in [4.78, 5) is 18.4. The van der Waals surface area contributed by atoms with Gasteiger partial charge in [0.1, 0.15) is 6.61 Å². The molecule has 27 heavy (non-hydrogen) atoms. The Morgan fingerprint density at radius 1 is 1.19 bits per heavy atom. The Morgan fingerprint density at radius 3 is 2.41 bits per heavy atom. The number of alkyl halides is 3. The molecule has 0 aliphatic carbocycles. The van der Waals surface area contributed by atoms with Gasteiger partial charge in [-0.1, -0.05) is 38.1 Å². The second-order valence-electron chi connectivity index (χ2n) is 6.43. The molecule has 3 N–H and O–H groups in total. The molecule has 1 heterocycles. The Hall–Kier alpha value is -2.84. The highest BCUT2D eigenvalue weighted by molar-refractivity contribution is 5.76. The maximum Gasteiger partial charge on any atom is 0.433 e. The summed E-state index contributed by atoms with van der Waals surface area (Å²) in [5, 5.41) is 2.83. The SMILES string of the molecule is CC(C)CC(=O)NCc1ccc(COc2cc(C(F)(F)F)nc(N)n2)cc1. The number of hydrogen-bond acceptors (Lipinski definition) is 5. The monoisotopic (exact) mass is 382 g/mol. The van der Waals surface area contributed by atoms with Gasteiger partial charge >= 0.3 is 6.18 Å². The van der Waals surface area contributed by atoms with Crippen LogP contribution in [0.4, 0.5) is 19.1 Å². The molecule has 9 heteroatoms. The van der Waals surface area contributed by atoms with Crippen LogP contribution in [0.25, 0.3) is 0 Å². The molecule has 0 aliphatic rings. The fraction of sp³-hybridized carbons (Fsp3) is 0.389. The molecule has 6 nitrogen and oxygen atoms in total. The second kappa shape index (κ2) is 8.70. The molecule has 1 aromatic carbocycles. The van der Waals surface area contributed by atoms with Crippen molar-refractivity contribution in [3.05, 3.63) is 47.2 Å². The van der Waals surface area contributed by atoms with Crippen LogP contribution >= 0.6 is 0 Å². The fourth-order valence-corrected chi connectivity index (χ4v) is 2.22. The van der Waals surface area contributed by atoms with Gasteiger partial charge in [0, 0.05) is 19.0 Å². The van der Waals surface area contributed by atoms with E-state index in [1.54, 1.807) is 12.1 Å². The van der Waals surface area contributed by atoms with Crippen molar-refractivity contribution in [2.75, 3.05) is 5.73 Å². The number of ether oxygens (including phenoxy) is 1. The molecule has 1 aromatic heterocycles. The second-order valence-corrected chi connectivity index (χ2v) is 6.43. The summed E-state index contributed by atoms with van der Waals surface area (Å²) in [5.74, 6) is -0.482. The smallest absolute Gasteiger partial charge is 0.433 e. The number of carbonyl (C=O) groups excluding carboxylic acids is 1. The highest BCUT2D eigenvalue weighted by atomic mass is 19.4. The standard InChI is InChI=1S/C18H21F3N4O2/c1-11(2)7-15(26)23-9-12-3-5-13(6-4-12)10-27-16-8-14(18(19,20)21)24-17(22)25-16/h3-6,8,11H,7,9-10H2,1-2H3,(H,23,26)(H2,22,24,25). The molecule has 0 saturated heterocycles. The lowest BCUT2D eigenvalue weighted by Crippen LogP contribution is -2.23. The van der Waals surface area contributed by atoms with Crippen molar-refractivity contribution >= 4 is 11.9 Å². The molecular formula is C18H21F3N4O2. The van der Waals surface area contributed by atoms with Crippen molar-refractivity contribution in [1.82, 2.24) is 15.3 Å². The highest BCUT2D eigenvalue weighted by Crippen LogP contribution is 2.29. The maximum absolute atomic E-state index is 12.7. The maximum atomic E-state index is 12.7. The van der Waals surface area contributed by atoms with Crippen LogP contribution in [0.15, 0.2) is 30.3 Å². The lowest BCUT2D eigenvalue weighted by molar-refractivity contribution is -0.141. The highest BCUT2D eigenvalue weighted by Gasteiger charge is 2.33. The first-order chi connectivity index (χ1) is 12.6. The predicted octanol–water partition coefficient (Wildman–Crippen LogP) is 3.32. The topological polar surface area (TPSA) is 90.1 Å². The normalized spacial score (nSPS) is 11.5. The van der Waals surface area contributed by atoms with E-state index in [1.165, 1.54) is 0 Å². The molecule has 0 bridgehead atoms. The van der Waals surface area contributed by atoms with Gasteiger partial charge in [-0.3, -0.25) is 4.79 Å². The van der Waals surface area contributed by atoms with E-state index >= 15 is 0 Å². The third-order valence-electron chi connectivity index (χ3n) is 3.50. The number of aromatic nitrogens is 2. The van der Waals surface area contributed by atoms with Crippen molar-refractivity contribution in [2.24, 2.45) is 5.92 Å². The van der Waals surface area contributed by atoms with E-state index in [0.717, 1.165) is 11.1 Å². The van der Waals surface area contributed by atoms with Gasteiger partial charge in [0.25, 0.3) is 0 Å². The number of amides is 1. The lowest BCUT2D eigenvalue weighted by atomic mass is 10.1. The van der Waals surface area contributed by atoms with Crippen molar-refractivity contribution in [1.29, 1.82) is 0 Å².